The van der Waals surface area contributed by atoms with E-state index in [1.807, 2.05) is 0 Å². The summed E-state index contributed by atoms with van der Waals surface area (Å²) in [5.41, 5.74) is 3.16. The van der Waals surface area contributed by atoms with Gasteiger partial charge in [0.1, 0.15) is 5.78 Å². The van der Waals surface area contributed by atoms with Gasteiger partial charge in [-0.05, 0) is 89.1 Å². The van der Waals surface area contributed by atoms with Crippen molar-refractivity contribution in [1.29, 1.82) is 0 Å². The van der Waals surface area contributed by atoms with E-state index in [1.165, 1.54) is 5.57 Å². The van der Waals surface area contributed by atoms with Gasteiger partial charge in [0.25, 0.3) is 0 Å². The first-order chi connectivity index (χ1) is 15.7. The van der Waals surface area contributed by atoms with E-state index in [9.17, 15) is 14.7 Å². The van der Waals surface area contributed by atoms with Crippen molar-refractivity contribution in [1.82, 2.24) is 0 Å². The standard InChI is InChI=1S/C30H44O4/c1-18(26(33)34)16-20(31)17-19(2)29(6)14-11-23-21-8-9-24-27(3,4)25(32)12-13-28(24,5)22(21)10-15-30(23,29)7/h8,11,19,22,24-25,32H,1,9-10,12-17H2,2-7H3,(H,33,34)/t19-,22-,24+,25-,28-,29+,30-/m1/s1. The highest BCUT2D eigenvalue weighted by atomic mass is 16.4. The van der Waals surface area contributed by atoms with Gasteiger partial charge in [-0.25, -0.2) is 4.79 Å². The van der Waals surface area contributed by atoms with E-state index in [4.69, 9.17) is 5.11 Å². The Labute approximate surface area is 205 Å². The lowest BCUT2D eigenvalue weighted by Gasteiger charge is -2.62. The molecule has 0 amide bonds. The van der Waals surface area contributed by atoms with Crippen LogP contribution in [0, 0.1) is 39.4 Å². The number of carboxylic acids is 1. The number of hydrogen-bond donors (Lipinski definition) is 2. The molecule has 0 spiro atoms. The number of Topliss-reactive ketones (excluding diaryl/α,β-unsaturated/α-hetero) is 1. The number of ketones is 1. The van der Waals surface area contributed by atoms with Gasteiger partial charge < -0.3 is 10.2 Å². The molecular formula is C30H44O4. The number of fused-ring (bicyclic) bond motifs is 5. The Bertz CT molecular complexity index is 970. The third-order valence-corrected chi connectivity index (χ3v) is 11.4. The van der Waals surface area contributed by atoms with Gasteiger partial charge >= 0.3 is 5.97 Å². The molecular weight excluding hydrogens is 424 g/mol. The molecule has 4 heteroatoms. The highest BCUT2D eigenvalue weighted by molar-refractivity contribution is 5.94. The van der Waals surface area contributed by atoms with Crippen molar-refractivity contribution in [2.45, 2.75) is 99.0 Å². The molecule has 0 aromatic heterocycles. The first-order valence-corrected chi connectivity index (χ1v) is 13.2. The molecule has 0 bridgehead atoms. The summed E-state index contributed by atoms with van der Waals surface area (Å²) < 4.78 is 0. The molecule has 7 atom stereocenters. The summed E-state index contributed by atoms with van der Waals surface area (Å²) in [6.07, 6.45) is 11.3. The van der Waals surface area contributed by atoms with Crippen molar-refractivity contribution in [3.8, 4) is 0 Å². The lowest BCUT2D eigenvalue weighted by Crippen LogP contribution is -2.56. The molecule has 0 aromatic carbocycles. The molecule has 0 radical (unpaired) electrons. The molecule has 0 unspecified atom stereocenters. The average molecular weight is 469 g/mol. The van der Waals surface area contributed by atoms with Gasteiger partial charge in [0, 0.05) is 18.4 Å². The van der Waals surface area contributed by atoms with Crippen molar-refractivity contribution < 1.29 is 19.8 Å². The van der Waals surface area contributed by atoms with Crippen LogP contribution in [0.5, 0.6) is 0 Å². The van der Waals surface area contributed by atoms with Gasteiger partial charge in [-0.3, -0.25) is 4.79 Å². The Morgan fingerprint density at radius 2 is 1.79 bits per heavy atom. The molecule has 4 rings (SSSR count). The Kier molecular flexibility index (Phi) is 6.12. The van der Waals surface area contributed by atoms with Crippen LogP contribution in [0.25, 0.3) is 0 Å². The second-order valence-electron chi connectivity index (χ2n) is 13.2. The van der Waals surface area contributed by atoms with Gasteiger partial charge in [0.2, 0.25) is 0 Å². The number of aliphatic hydroxyl groups excluding tert-OH is 1. The first-order valence-electron chi connectivity index (χ1n) is 13.2. The molecule has 4 aliphatic carbocycles. The molecule has 2 fully saturated rings. The normalized spacial score (nSPS) is 41.3. The monoisotopic (exact) mass is 468 g/mol. The Morgan fingerprint density at radius 3 is 2.44 bits per heavy atom. The van der Waals surface area contributed by atoms with Crippen molar-refractivity contribution in [3.63, 3.8) is 0 Å². The minimum Gasteiger partial charge on any atom is -0.478 e. The van der Waals surface area contributed by atoms with E-state index in [2.05, 4.69) is 60.3 Å². The van der Waals surface area contributed by atoms with Crippen molar-refractivity contribution in [2.24, 2.45) is 39.4 Å². The van der Waals surface area contributed by atoms with Gasteiger partial charge in [-0.15, -0.1) is 0 Å². The summed E-state index contributed by atoms with van der Waals surface area (Å²) >= 11 is 0. The zero-order valence-corrected chi connectivity index (χ0v) is 22.0. The molecule has 4 aliphatic rings. The van der Waals surface area contributed by atoms with Crippen LogP contribution in [0.4, 0.5) is 0 Å². The van der Waals surface area contributed by atoms with Crippen LogP contribution in [0.1, 0.15) is 92.9 Å². The van der Waals surface area contributed by atoms with E-state index in [1.54, 1.807) is 5.57 Å². The third-order valence-electron chi connectivity index (χ3n) is 11.4. The van der Waals surface area contributed by atoms with Crippen LogP contribution >= 0.6 is 0 Å². The molecule has 4 nitrogen and oxygen atoms in total. The molecule has 0 aromatic rings. The van der Waals surface area contributed by atoms with Crippen LogP contribution < -0.4 is 0 Å². The number of allylic oxidation sites excluding steroid dienone is 4. The summed E-state index contributed by atoms with van der Waals surface area (Å²) in [5, 5.41) is 19.9. The molecule has 0 aliphatic heterocycles. The number of carbonyl (C=O) groups is 2. The number of aliphatic hydroxyl groups is 1. The van der Waals surface area contributed by atoms with Crippen molar-refractivity contribution >= 4 is 11.8 Å². The number of aliphatic carboxylic acids is 1. The maximum Gasteiger partial charge on any atom is 0.331 e. The van der Waals surface area contributed by atoms with Gasteiger partial charge in [-0.1, -0.05) is 60.3 Å². The summed E-state index contributed by atoms with van der Waals surface area (Å²) in [6.45, 7) is 17.5. The van der Waals surface area contributed by atoms with Crippen LogP contribution in [-0.4, -0.2) is 28.1 Å². The van der Waals surface area contributed by atoms with Crippen LogP contribution in [0.3, 0.4) is 0 Å². The highest BCUT2D eigenvalue weighted by Gasteiger charge is 2.61. The Balaban J connectivity index is 1.58. The third kappa shape index (κ3) is 3.50. The average Bonchev–Trinajstić information content (AvgIpc) is 3.03. The van der Waals surface area contributed by atoms with Gasteiger partial charge in [0.15, 0.2) is 0 Å². The topological polar surface area (TPSA) is 74.6 Å². The second kappa shape index (κ2) is 8.18. The fraction of sp³-hybridized carbons (Fsp3) is 0.733. The largest absolute Gasteiger partial charge is 0.478 e. The minimum absolute atomic E-state index is 0.0185. The number of carbonyl (C=O) groups excluding carboxylic acids is 1. The quantitative estimate of drug-likeness (QED) is 0.436. The van der Waals surface area contributed by atoms with Crippen LogP contribution in [-0.2, 0) is 9.59 Å². The van der Waals surface area contributed by atoms with E-state index in [0.29, 0.717) is 18.3 Å². The first kappa shape index (κ1) is 25.4. The summed E-state index contributed by atoms with van der Waals surface area (Å²) in [5.74, 6) is 0.0803. The van der Waals surface area contributed by atoms with Gasteiger partial charge in [-0.2, -0.15) is 0 Å². The Hall–Kier alpha value is -1.68. The molecule has 0 saturated heterocycles. The molecule has 0 heterocycles. The predicted octanol–water partition coefficient (Wildman–Crippen LogP) is 6.50. The SMILES string of the molecule is C=C(CC(=O)C[C@@H](C)[C@]1(C)CC=C2C3=CC[C@H]4C(C)(C)[C@H](O)CC[C@]4(C)[C@@H]3CC[C@]21C)C(=O)O. The van der Waals surface area contributed by atoms with E-state index in [0.717, 1.165) is 38.5 Å². The Morgan fingerprint density at radius 1 is 1.12 bits per heavy atom. The maximum absolute atomic E-state index is 12.7. The number of rotatable bonds is 6. The molecule has 34 heavy (non-hydrogen) atoms. The summed E-state index contributed by atoms with van der Waals surface area (Å²) in [6, 6.07) is 0. The number of hydrogen-bond acceptors (Lipinski definition) is 3. The van der Waals surface area contributed by atoms with E-state index >= 15 is 0 Å². The zero-order valence-electron chi connectivity index (χ0n) is 22.0. The lowest BCUT2D eigenvalue weighted by atomic mass is 9.43. The molecule has 2 saturated carbocycles. The molecule has 2 N–H and O–H groups in total. The zero-order chi connectivity index (χ0) is 25.3. The van der Waals surface area contributed by atoms with Gasteiger partial charge in [0.05, 0.1) is 6.10 Å². The van der Waals surface area contributed by atoms with E-state index in [-0.39, 0.29) is 51.5 Å². The second-order valence-corrected chi connectivity index (χ2v) is 13.2. The fourth-order valence-electron chi connectivity index (χ4n) is 8.65. The van der Waals surface area contributed by atoms with Crippen LogP contribution in [0.15, 0.2) is 35.5 Å². The fourth-order valence-corrected chi connectivity index (χ4v) is 8.65. The highest BCUT2D eigenvalue weighted by Crippen LogP contribution is 2.70. The predicted molar refractivity (Wildman–Crippen MR) is 135 cm³/mol. The van der Waals surface area contributed by atoms with E-state index < -0.39 is 5.97 Å². The summed E-state index contributed by atoms with van der Waals surface area (Å²) in [7, 11) is 0. The van der Waals surface area contributed by atoms with Crippen LogP contribution in [0.2, 0.25) is 0 Å². The summed E-state index contributed by atoms with van der Waals surface area (Å²) in [4.78, 5) is 23.8. The maximum atomic E-state index is 12.7. The minimum atomic E-state index is -1.09. The number of carboxylic acid groups (broad SMARTS) is 1. The molecule has 188 valence electrons. The lowest BCUT2D eigenvalue weighted by molar-refractivity contribution is -0.134. The van der Waals surface area contributed by atoms with Crippen molar-refractivity contribution in [3.05, 3.63) is 35.5 Å². The van der Waals surface area contributed by atoms with Crippen molar-refractivity contribution in [2.75, 3.05) is 0 Å². The smallest absolute Gasteiger partial charge is 0.331 e.